The molecule has 28 heavy (non-hydrogen) atoms. The van der Waals surface area contributed by atoms with E-state index in [9.17, 15) is 4.79 Å². The molecule has 5 nitrogen and oxygen atoms in total. The lowest BCUT2D eigenvalue weighted by atomic mass is 9.96. The van der Waals surface area contributed by atoms with Gasteiger partial charge in [-0.25, -0.2) is 4.79 Å². The molecule has 0 aromatic heterocycles. The smallest absolute Gasteiger partial charge is 0.315 e. The second kappa shape index (κ2) is 10.2. The van der Waals surface area contributed by atoms with Gasteiger partial charge in [0.15, 0.2) is 0 Å². The van der Waals surface area contributed by atoms with Crippen LogP contribution in [0.3, 0.4) is 0 Å². The third-order valence-electron chi connectivity index (χ3n) is 5.10. The summed E-state index contributed by atoms with van der Waals surface area (Å²) in [5, 5.41) is 6.08. The predicted molar refractivity (Wildman–Crippen MR) is 112 cm³/mol. The minimum Gasteiger partial charge on any atom is -0.379 e. The van der Waals surface area contributed by atoms with Gasteiger partial charge in [0, 0.05) is 26.2 Å². The molecular weight excluding hydrogens is 350 g/mol. The maximum Gasteiger partial charge on any atom is 0.315 e. The summed E-state index contributed by atoms with van der Waals surface area (Å²) in [6.07, 6.45) is 0. The summed E-state index contributed by atoms with van der Waals surface area (Å²) >= 11 is 0. The number of carbonyl (C=O) groups is 1. The minimum absolute atomic E-state index is 0.00269. The number of urea groups is 1. The van der Waals surface area contributed by atoms with Crippen LogP contribution >= 0.6 is 0 Å². The lowest BCUT2D eigenvalue weighted by molar-refractivity contribution is 0.0342. The van der Waals surface area contributed by atoms with Crippen LogP contribution in [0.15, 0.2) is 54.6 Å². The molecule has 5 heteroatoms. The van der Waals surface area contributed by atoms with Crippen molar-refractivity contribution in [3.63, 3.8) is 0 Å². The molecule has 2 N–H and O–H groups in total. The first-order valence-corrected chi connectivity index (χ1v) is 10.1. The van der Waals surface area contributed by atoms with Crippen molar-refractivity contribution < 1.29 is 9.53 Å². The highest BCUT2D eigenvalue weighted by Gasteiger charge is 2.17. The minimum atomic E-state index is -0.139. The largest absolute Gasteiger partial charge is 0.379 e. The van der Waals surface area contributed by atoms with Crippen LogP contribution in [0, 0.1) is 5.92 Å². The van der Waals surface area contributed by atoms with Gasteiger partial charge in [0.1, 0.15) is 0 Å². The lowest BCUT2D eigenvalue weighted by Gasteiger charge is -2.26. The van der Waals surface area contributed by atoms with E-state index >= 15 is 0 Å². The van der Waals surface area contributed by atoms with Gasteiger partial charge < -0.3 is 15.4 Å². The number of carbonyl (C=O) groups excluding carboxylic acids is 1. The third-order valence-corrected chi connectivity index (χ3v) is 5.10. The molecule has 1 aliphatic heterocycles. The molecule has 0 saturated carbocycles. The molecule has 1 fully saturated rings. The average Bonchev–Trinajstić information content (AvgIpc) is 2.73. The molecule has 1 saturated heterocycles. The predicted octanol–water partition coefficient (Wildman–Crippen LogP) is 3.72. The number of morpholine rings is 1. The Labute approximate surface area is 168 Å². The van der Waals surface area contributed by atoms with Gasteiger partial charge >= 0.3 is 6.03 Å². The average molecular weight is 382 g/mol. The first-order valence-electron chi connectivity index (χ1n) is 10.1. The van der Waals surface area contributed by atoms with Crippen LogP contribution in [0.5, 0.6) is 0 Å². The van der Waals surface area contributed by atoms with Crippen molar-refractivity contribution in [3.05, 3.63) is 71.3 Å². The van der Waals surface area contributed by atoms with Crippen LogP contribution in [0.2, 0.25) is 0 Å². The number of rotatable bonds is 7. The van der Waals surface area contributed by atoms with Crippen LogP contribution in [-0.2, 0) is 17.8 Å². The van der Waals surface area contributed by atoms with E-state index in [1.54, 1.807) is 0 Å². The van der Waals surface area contributed by atoms with Crippen molar-refractivity contribution in [2.75, 3.05) is 26.3 Å². The zero-order chi connectivity index (χ0) is 19.8. The Morgan fingerprint density at radius 3 is 2.29 bits per heavy atom. The highest BCUT2D eigenvalue weighted by Crippen LogP contribution is 2.21. The summed E-state index contributed by atoms with van der Waals surface area (Å²) in [7, 11) is 0. The topological polar surface area (TPSA) is 53.6 Å². The Hall–Kier alpha value is -2.37. The van der Waals surface area contributed by atoms with Gasteiger partial charge in [0.25, 0.3) is 0 Å². The summed E-state index contributed by atoms with van der Waals surface area (Å²) < 4.78 is 5.39. The molecule has 1 aliphatic rings. The summed E-state index contributed by atoms with van der Waals surface area (Å²) in [6.45, 7) is 9.31. The Morgan fingerprint density at radius 1 is 1.00 bits per heavy atom. The molecule has 1 heterocycles. The van der Waals surface area contributed by atoms with Crippen molar-refractivity contribution >= 4 is 6.03 Å². The molecule has 2 aromatic rings. The van der Waals surface area contributed by atoms with Gasteiger partial charge in [-0.05, 0) is 22.6 Å². The number of hydrogen-bond donors (Lipinski definition) is 2. The highest BCUT2D eigenvalue weighted by atomic mass is 16.5. The Balaban J connectivity index is 1.48. The SMILES string of the molecule is CC(C)C(NC(=O)NCc1ccc(CN2CCOCC2)cc1)c1ccccc1. The molecule has 0 aliphatic carbocycles. The first-order chi connectivity index (χ1) is 13.6. The summed E-state index contributed by atoms with van der Waals surface area (Å²) in [6, 6.07) is 18.4. The lowest BCUT2D eigenvalue weighted by Crippen LogP contribution is -2.39. The van der Waals surface area contributed by atoms with Crippen molar-refractivity contribution in [3.8, 4) is 0 Å². The molecule has 0 spiro atoms. The molecule has 3 rings (SSSR count). The molecule has 2 amide bonds. The molecule has 2 aromatic carbocycles. The monoisotopic (exact) mass is 381 g/mol. The maximum atomic E-state index is 12.4. The fourth-order valence-corrected chi connectivity index (χ4v) is 3.45. The Morgan fingerprint density at radius 2 is 1.64 bits per heavy atom. The van der Waals surface area contributed by atoms with Gasteiger partial charge in [-0.2, -0.15) is 0 Å². The van der Waals surface area contributed by atoms with Crippen molar-refractivity contribution in [2.24, 2.45) is 5.92 Å². The van der Waals surface area contributed by atoms with E-state index in [1.807, 2.05) is 18.2 Å². The second-order valence-electron chi connectivity index (χ2n) is 7.66. The van der Waals surface area contributed by atoms with Gasteiger partial charge in [-0.3, -0.25) is 4.90 Å². The molecule has 1 unspecified atom stereocenters. The Bertz CT molecular complexity index is 725. The molecule has 1 atom stereocenters. The van der Waals surface area contributed by atoms with Gasteiger partial charge in [0.2, 0.25) is 0 Å². The number of amides is 2. The van der Waals surface area contributed by atoms with E-state index in [0.29, 0.717) is 12.5 Å². The highest BCUT2D eigenvalue weighted by molar-refractivity contribution is 5.74. The van der Waals surface area contributed by atoms with Crippen molar-refractivity contribution in [1.82, 2.24) is 15.5 Å². The number of ether oxygens (including phenoxy) is 1. The van der Waals surface area contributed by atoms with Gasteiger partial charge in [-0.15, -0.1) is 0 Å². The number of nitrogens with zero attached hydrogens (tertiary/aromatic N) is 1. The van der Waals surface area contributed by atoms with Crippen LogP contribution in [-0.4, -0.2) is 37.2 Å². The number of benzene rings is 2. The third kappa shape index (κ3) is 6.08. The van der Waals surface area contributed by atoms with Gasteiger partial charge in [0.05, 0.1) is 19.3 Å². The fraction of sp³-hybridized carbons (Fsp3) is 0.435. The van der Waals surface area contributed by atoms with Crippen molar-refractivity contribution in [2.45, 2.75) is 33.0 Å². The molecule has 0 bridgehead atoms. The number of hydrogen-bond acceptors (Lipinski definition) is 3. The van der Waals surface area contributed by atoms with E-state index in [0.717, 1.165) is 44.0 Å². The molecule has 0 radical (unpaired) electrons. The molecular formula is C23H31N3O2. The Kier molecular flexibility index (Phi) is 7.46. The summed E-state index contributed by atoms with van der Waals surface area (Å²) in [5.41, 5.74) is 3.51. The van der Waals surface area contributed by atoms with E-state index in [-0.39, 0.29) is 12.1 Å². The number of nitrogens with one attached hydrogen (secondary N) is 2. The quantitative estimate of drug-likeness (QED) is 0.769. The maximum absolute atomic E-state index is 12.4. The van der Waals surface area contributed by atoms with E-state index in [4.69, 9.17) is 4.74 Å². The zero-order valence-corrected chi connectivity index (χ0v) is 16.9. The van der Waals surface area contributed by atoms with Crippen LogP contribution in [0.4, 0.5) is 4.79 Å². The second-order valence-corrected chi connectivity index (χ2v) is 7.66. The standard InChI is InChI=1S/C23H31N3O2/c1-18(2)22(21-6-4-3-5-7-21)25-23(27)24-16-19-8-10-20(11-9-19)17-26-12-14-28-15-13-26/h3-11,18,22H,12-17H2,1-2H3,(H2,24,25,27). The molecule has 150 valence electrons. The first kappa shape index (κ1) is 20.4. The summed E-state index contributed by atoms with van der Waals surface area (Å²) in [5.74, 6) is 0.313. The van der Waals surface area contributed by atoms with E-state index < -0.39 is 0 Å². The normalized spacial score (nSPS) is 16.0. The van der Waals surface area contributed by atoms with Crippen molar-refractivity contribution in [1.29, 1.82) is 0 Å². The van der Waals surface area contributed by atoms with Gasteiger partial charge in [-0.1, -0.05) is 68.4 Å². The summed E-state index contributed by atoms with van der Waals surface area (Å²) in [4.78, 5) is 14.8. The van der Waals surface area contributed by atoms with Crippen LogP contribution < -0.4 is 10.6 Å². The van der Waals surface area contributed by atoms with E-state index in [1.165, 1.54) is 5.56 Å². The van der Waals surface area contributed by atoms with Crippen LogP contribution in [0.1, 0.15) is 36.6 Å². The zero-order valence-electron chi connectivity index (χ0n) is 16.9. The van der Waals surface area contributed by atoms with E-state index in [2.05, 4.69) is 65.8 Å². The van der Waals surface area contributed by atoms with Crippen LogP contribution in [0.25, 0.3) is 0 Å². The fourth-order valence-electron chi connectivity index (χ4n) is 3.45.